The van der Waals surface area contributed by atoms with Crippen molar-refractivity contribution in [2.75, 3.05) is 19.0 Å². The Bertz CT molecular complexity index is 1380. The van der Waals surface area contributed by atoms with Gasteiger partial charge in [0, 0.05) is 42.5 Å². The van der Waals surface area contributed by atoms with Crippen LogP contribution < -0.4 is 20.3 Å². The molecule has 1 N–H and O–H groups in total. The number of fused-ring (bicyclic) bond motifs is 1. The molecule has 2 aromatic heterocycles. The lowest BCUT2D eigenvalue weighted by molar-refractivity contribution is -0.114. The van der Waals surface area contributed by atoms with Crippen molar-refractivity contribution in [2.24, 2.45) is 0 Å². The van der Waals surface area contributed by atoms with Gasteiger partial charge < -0.3 is 19.4 Å². The normalized spacial score (nSPS) is 10.8. The van der Waals surface area contributed by atoms with E-state index in [0.717, 1.165) is 39.0 Å². The summed E-state index contributed by atoms with van der Waals surface area (Å²) in [4.78, 5) is 28.3. The fourth-order valence-corrected chi connectivity index (χ4v) is 3.61. The van der Waals surface area contributed by atoms with Crippen LogP contribution in [0.4, 0.5) is 5.69 Å². The van der Waals surface area contributed by atoms with Crippen LogP contribution in [0.3, 0.4) is 0 Å². The highest BCUT2D eigenvalue weighted by atomic mass is 16.5. The maximum absolute atomic E-state index is 12.4. The molecule has 0 aliphatic heterocycles. The van der Waals surface area contributed by atoms with Gasteiger partial charge in [0.25, 0.3) is 5.56 Å². The first-order valence-corrected chi connectivity index (χ1v) is 10.6. The molecule has 0 fully saturated rings. The van der Waals surface area contributed by atoms with Crippen molar-refractivity contribution in [3.63, 3.8) is 0 Å². The Balaban J connectivity index is 1.52. The molecule has 0 bridgehead atoms. The summed E-state index contributed by atoms with van der Waals surface area (Å²) in [6, 6.07) is 16.6. The summed E-state index contributed by atoms with van der Waals surface area (Å²) in [7, 11) is 1.62. The second-order valence-electron chi connectivity index (χ2n) is 7.70. The summed E-state index contributed by atoms with van der Waals surface area (Å²) < 4.78 is 12.9. The molecule has 0 saturated carbocycles. The number of carbonyl (C=O) groups excluding carboxylic acids is 1. The van der Waals surface area contributed by atoms with Gasteiger partial charge in [-0.25, -0.2) is 0 Å². The highest BCUT2D eigenvalue weighted by Gasteiger charge is 2.08. The first kappa shape index (κ1) is 22.1. The van der Waals surface area contributed by atoms with Gasteiger partial charge in [-0.15, -0.1) is 0 Å². The van der Waals surface area contributed by atoms with E-state index < -0.39 is 0 Å². The third kappa shape index (κ3) is 5.03. The van der Waals surface area contributed by atoms with Gasteiger partial charge in [-0.05, 0) is 53.9 Å². The van der Waals surface area contributed by atoms with Crippen LogP contribution >= 0.6 is 0 Å². The molecular weight excluding hydrogens is 418 g/mol. The van der Waals surface area contributed by atoms with Crippen LogP contribution in [0, 0.1) is 6.92 Å². The van der Waals surface area contributed by atoms with E-state index in [1.807, 2.05) is 55.6 Å². The zero-order valence-electron chi connectivity index (χ0n) is 18.8. The summed E-state index contributed by atoms with van der Waals surface area (Å²) in [5.74, 6) is 1.30. The Morgan fingerprint density at radius 3 is 2.67 bits per heavy atom. The molecule has 0 radical (unpaired) electrons. The number of pyridine rings is 2. The molecule has 7 nitrogen and oxygen atoms in total. The topological polar surface area (TPSA) is 82.5 Å². The van der Waals surface area contributed by atoms with Crippen LogP contribution in [0.2, 0.25) is 0 Å². The number of methoxy groups -OCH3 is 1. The molecule has 0 aliphatic rings. The van der Waals surface area contributed by atoms with E-state index in [0.29, 0.717) is 18.9 Å². The van der Waals surface area contributed by atoms with Gasteiger partial charge in [-0.3, -0.25) is 14.6 Å². The third-order valence-corrected chi connectivity index (χ3v) is 5.36. The van der Waals surface area contributed by atoms with Gasteiger partial charge in [0.05, 0.1) is 19.2 Å². The number of rotatable bonds is 7. The van der Waals surface area contributed by atoms with Crippen LogP contribution in [-0.4, -0.2) is 29.2 Å². The van der Waals surface area contributed by atoms with E-state index in [-0.39, 0.29) is 11.5 Å². The lowest BCUT2D eigenvalue weighted by Crippen LogP contribution is -2.22. The monoisotopic (exact) mass is 443 g/mol. The van der Waals surface area contributed by atoms with Crippen LogP contribution in [0.5, 0.6) is 11.5 Å². The lowest BCUT2D eigenvalue weighted by atomic mass is 10.0. The summed E-state index contributed by atoms with van der Waals surface area (Å²) >= 11 is 0. The summed E-state index contributed by atoms with van der Waals surface area (Å²) in [5.41, 5.74) is 4.18. The van der Waals surface area contributed by atoms with E-state index >= 15 is 0 Å². The Labute approximate surface area is 191 Å². The van der Waals surface area contributed by atoms with E-state index in [2.05, 4.69) is 10.3 Å². The van der Waals surface area contributed by atoms with Gasteiger partial charge in [0.2, 0.25) is 5.91 Å². The minimum Gasteiger partial charge on any atom is -0.497 e. The maximum atomic E-state index is 12.4. The van der Waals surface area contributed by atoms with Gasteiger partial charge in [-0.2, -0.15) is 0 Å². The van der Waals surface area contributed by atoms with E-state index in [9.17, 15) is 9.59 Å². The number of aryl methyl sites for hydroxylation is 1. The SMILES string of the molecule is COc1ccc2c(OCCn3cc(-c4ccc(C)c(NC(C)=O)c4)ccc3=O)ccnc2c1. The Hall–Kier alpha value is -4.13. The lowest BCUT2D eigenvalue weighted by Gasteiger charge is -2.13. The Morgan fingerprint density at radius 2 is 1.88 bits per heavy atom. The number of nitrogens with zero attached hydrogens (tertiary/aromatic N) is 2. The molecule has 4 aromatic rings. The summed E-state index contributed by atoms with van der Waals surface area (Å²) in [6.45, 7) is 4.12. The number of carbonyl (C=O) groups is 1. The predicted octanol–water partition coefficient (Wildman–Crippen LogP) is 4.42. The molecule has 1 amide bonds. The van der Waals surface area contributed by atoms with Crippen molar-refractivity contribution >= 4 is 22.5 Å². The fraction of sp³-hybridized carbons (Fsp3) is 0.192. The second-order valence-corrected chi connectivity index (χ2v) is 7.70. The summed E-state index contributed by atoms with van der Waals surface area (Å²) in [6.07, 6.45) is 3.50. The van der Waals surface area contributed by atoms with Crippen LogP contribution in [0.25, 0.3) is 22.0 Å². The first-order chi connectivity index (χ1) is 15.9. The van der Waals surface area contributed by atoms with Crippen molar-refractivity contribution in [1.29, 1.82) is 0 Å². The van der Waals surface area contributed by atoms with Crippen molar-refractivity contribution in [3.8, 4) is 22.6 Å². The number of ether oxygens (including phenoxy) is 2. The number of nitrogens with one attached hydrogen (secondary N) is 1. The smallest absolute Gasteiger partial charge is 0.250 e. The van der Waals surface area contributed by atoms with E-state index in [4.69, 9.17) is 9.47 Å². The quantitative estimate of drug-likeness (QED) is 0.457. The molecule has 0 spiro atoms. The van der Waals surface area contributed by atoms with E-state index in [1.54, 1.807) is 30.0 Å². The fourth-order valence-electron chi connectivity index (χ4n) is 3.61. The Kier molecular flexibility index (Phi) is 6.40. The number of amides is 1. The number of aromatic nitrogens is 2. The van der Waals surface area contributed by atoms with Gasteiger partial charge in [0.1, 0.15) is 18.1 Å². The second kappa shape index (κ2) is 9.56. The molecule has 0 unspecified atom stereocenters. The molecule has 2 heterocycles. The molecule has 168 valence electrons. The average molecular weight is 444 g/mol. The highest BCUT2D eigenvalue weighted by Crippen LogP contribution is 2.27. The largest absolute Gasteiger partial charge is 0.497 e. The van der Waals surface area contributed by atoms with Gasteiger partial charge >= 0.3 is 0 Å². The molecule has 2 aromatic carbocycles. The highest BCUT2D eigenvalue weighted by molar-refractivity contribution is 5.90. The molecule has 33 heavy (non-hydrogen) atoms. The third-order valence-electron chi connectivity index (χ3n) is 5.36. The van der Waals surface area contributed by atoms with Crippen molar-refractivity contribution in [1.82, 2.24) is 9.55 Å². The molecule has 4 rings (SSSR count). The number of hydrogen-bond donors (Lipinski definition) is 1. The number of benzene rings is 2. The molecule has 0 aliphatic carbocycles. The minimum atomic E-state index is -0.126. The molecule has 0 atom stereocenters. The van der Waals surface area contributed by atoms with Crippen LogP contribution in [0.1, 0.15) is 12.5 Å². The summed E-state index contributed by atoms with van der Waals surface area (Å²) in [5, 5.41) is 3.72. The predicted molar refractivity (Wildman–Crippen MR) is 129 cm³/mol. The standard InChI is InChI=1S/C26H25N3O4/c1-17-4-5-19(14-23(17)28-18(2)30)20-6-9-26(31)29(16-20)12-13-33-25-10-11-27-24-15-21(32-3)7-8-22(24)25/h4-11,14-16H,12-13H2,1-3H3,(H,28,30). The van der Waals surface area contributed by atoms with Crippen molar-refractivity contribution in [2.45, 2.75) is 20.4 Å². The number of anilines is 1. The van der Waals surface area contributed by atoms with Gasteiger partial charge in [-0.1, -0.05) is 12.1 Å². The van der Waals surface area contributed by atoms with Gasteiger partial charge in [0.15, 0.2) is 0 Å². The molecular formula is C26H25N3O4. The van der Waals surface area contributed by atoms with Crippen molar-refractivity contribution < 1.29 is 14.3 Å². The Morgan fingerprint density at radius 1 is 1.06 bits per heavy atom. The van der Waals surface area contributed by atoms with Crippen molar-refractivity contribution in [3.05, 3.63) is 82.9 Å². The maximum Gasteiger partial charge on any atom is 0.250 e. The van der Waals surface area contributed by atoms with E-state index in [1.165, 1.54) is 6.92 Å². The minimum absolute atomic E-state index is 0.110. The van der Waals surface area contributed by atoms with Crippen LogP contribution in [-0.2, 0) is 11.3 Å². The number of hydrogen-bond acceptors (Lipinski definition) is 5. The zero-order valence-corrected chi connectivity index (χ0v) is 18.8. The first-order valence-electron chi connectivity index (χ1n) is 10.6. The van der Waals surface area contributed by atoms with Crippen LogP contribution in [0.15, 0.2) is 71.8 Å². The molecule has 0 saturated heterocycles. The average Bonchev–Trinajstić information content (AvgIpc) is 2.81. The molecule has 7 heteroatoms. The zero-order chi connectivity index (χ0) is 23.4.